The molecule has 27 heavy (non-hydrogen) atoms. The molecule has 1 unspecified atom stereocenters. The van der Waals surface area contributed by atoms with E-state index < -0.39 is 0 Å². The number of hydrogen-bond acceptors (Lipinski definition) is 4. The Morgan fingerprint density at radius 2 is 1.74 bits per heavy atom. The molecule has 1 heterocycles. The highest BCUT2D eigenvalue weighted by molar-refractivity contribution is 6.03. The number of aromatic nitrogens is 3. The minimum Gasteiger partial charge on any atom is -0.350 e. The Labute approximate surface area is 157 Å². The molecule has 3 rings (SSSR count). The van der Waals surface area contributed by atoms with Gasteiger partial charge in [-0.1, -0.05) is 30.3 Å². The van der Waals surface area contributed by atoms with Crippen molar-refractivity contribution >= 4 is 17.5 Å². The van der Waals surface area contributed by atoms with Crippen LogP contribution in [0.5, 0.6) is 0 Å². The summed E-state index contributed by atoms with van der Waals surface area (Å²) in [6, 6.07) is 16.3. The van der Waals surface area contributed by atoms with E-state index in [0.717, 1.165) is 12.1 Å². The fourth-order valence-electron chi connectivity index (χ4n) is 2.38. The second-order valence-electron chi connectivity index (χ2n) is 6.20. The first-order valence-electron chi connectivity index (χ1n) is 8.77. The zero-order valence-electron chi connectivity index (χ0n) is 15.2. The van der Waals surface area contributed by atoms with E-state index in [-0.39, 0.29) is 23.6 Å². The first-order chi connectivity index (χ1) is 13.1. The molecule has 2 N–H and O–H groups in total. The van der Waals surface area contributed by atoms with Gasteiger partial charge in [-0.2, -0.15) is 0 Å². The predicted octanol–water partition coefficient (Wildman–Crippen LogP) is 3.05. The molecule has 2 aromatic carbocycles. The third kappa shape index (κ3) is 4.58. The van der Waals surface area contributed by atoms with Crippen LogP contribution in [-0.4, -0.2) is 32.9 Å². The molecule has 7 heteroatoms. The van der Waals surface area contributed by atoms with E-state index in [2.05, 4.69) is 20.9 Å². The molecule has 0 saturated carbocycles. The molecule has 138 valence electrons. The molecule has 3 aromatic rings. The van der Waals surface area contributed by atoms with Crippen molar-refractivity contribution in [2.24, 2.45) is 0 Å². The smallest absolute Gasteiger partial charge is 0.277 e. The summed E-state index contributed by atoms with van der Waals surface area (Å²) < 4.78 is 1.54. The van der Waals surface area contributed by atoms with E-state index >= 15 is 0 Å². The second kappa shape index (κ2) is 8.27. The highest BCUT2D eigenvalue weighted by atomic mass is 16.2. The zero-order chi connectivity index (χ0) is 19.2. The van der Waals surface area contributed by atoms with Crippen molar-refractivity contribution < 1.29 is 9.59 Å². The van der Waals surface area contributed by atoms with Crippen LogP contribution in [0.15, 0.2) is 60.8 Å². The largest absolute Gasteiger partial charge is 0.350 e. The maximum absolute atomic E-state index is 12.4. The number of nitrogens with zero attached hydrogens (tertiary/aromatic N) is 3. The number of hydrogen-bond donors (Lipinski definition) is 2. The summed E-state index contributed by atoms with van der Waals surface area (Å²) in [5, 5.41) is 13.5. The topological polar surface area (TPSA) is 88.9 Å². The fourth-order valence-corrected chi connectivity index (χ4v) is 2.38. The summed E-state index contributed by atoms with van der Waals surface area (Å²) in [5.41, 5.74) is 2.15. The van der Waals surface area contributed by atoms with Gasteiger partial charge in [-0.05, 0) is 49.7 Å². The molecule has 0 radical (unpaired) electrons. The molecule has 0 fully saturated rings. The summed E-state index contributed by atoms with van der Waals surface area (Å²) in [4.78, 5) is 24.4. The monoisotopic (exact) mass is 363 g/mol. The van der Waals surface area contributed by atoms with E-state index in [9.17, 15) is 9.59 Å². The minimum atomic E-state index is -0.367. The van der Waals surface area contributed by atoms with Crippen molar-refractivity contribution in [3.05, 3.63) is 72.1 Å². The third-order valence-corrected chi connectivity index (χ3v) is 4.14. The van der Waals surface area contributed by atoms with Crippen molar-refractivity contribution in [2.45, 2.75) is 26.3 Å². The fraction of sp³-hybridized carbons (Fsp3) is 0.200. The van der Waals surface area contributed by atoms with Crippen molar-refractivity contribution in [3.8, 4) is 5.69 Å². The predicted molar refractivity (Wildman–Crippen MR) is 103 cm³/mol. The zero-order valence-corrected chi connectivity index (χ0v) is 15.2. The number of carbonyl (C=O) groups excluding carboxylic acids is 2. The van der Waals surface area contributed by atoms with Gasteiger partial charge < -0.3 is 10.6 Å². The van der Waals surface area contributed by atoms with Gasteiger partial charge >= 0.3 is 0 Å². The SMILES string of the molecule is CCC(C)NC(=O)c1ccc(NC(=O)c2cn(-c3ccccc3)nn2)cc1. The lowest BCUT2D eigenvalue weighted by molar-refractivity contribution is 0.0938. The Bertz CT molecular complexity index is 919. The van der Waals surface area contributed by atoms with Crippen LogP contribution in [0.2, 0.25) is 0 Å². The lowest BCUT2D eigenvalue weighted by Gasteiger charge is -2.11. The van der Waals surface area contributed by atoms with Crippen molar-refractivity contribution in [3.63, 3.8) is 0 Å². The molecular formula is C20H21N5O2. The normalized spacial score (nSPS) is 11.6. The molecular weight excluding hydrogens is 342 g/mol. The highest BCUT2D eigenvalue weighted by Crippen LogP contribution is 2.12. The molecule has 1 aromatic heterocycles. The van der Waals surface area contributed by atoms with Crippen LogP contribution in [0.1, 0.15) is 41.1 Å². The van der Waals surface area contributed by atoms with Gasteiger partial charge in [0.05, 0.1) is 11.9 Å². The maximum Gasteiger partial charge on any atom is 0.277 e. The van der Waals surface area contributed by atoms with Gasteiger partial charge in [-0.15, -0.1) is 5.10 Å². The van der Waals surface area contributed by atoms with Crippen LogP contribution in [0.3, 0.4) is 0 Å². The van der Waals surface area contributed by atoms with Gasteiger partial charge in [-0.3, -0.25) is 9.59 Å². The van der Waals surface area contributed by atoms with Crippen molar-refractivity contribution in [2.75, 3.05) is 5.32 Å². The van der Waals surface area contributed by atoms with Crippen LogP contribution in [-0.2, 0) is 0 Å². The number of nitrogens with one attached hydrogen (secondary N) is 2. The number of amides is 2. The molecule has 0 aliphatic heterocycles. The molecule has 2 amide bonds. The molecule has 1 atom stereocenters. The quantitative estimate of drug-likeness (QED) is 0.704. The van der Waals surface area contributed by atoms with Gasteiger partial charge in [0.2, 0.25) is 0 Å². The van der Waals surface area contributed by atoms with Gasteiger partial charge in [0.1, 0.15) is 0 Å². The first-order valence-corrected chi connectivity index (χ1v) is 8.77. The van der Waals surface area contributed by atoms with E-state index in [0.29, 0.717) is 11.3 Å². The van der Waals surface area contributed by atoms with Crippen molar-refractivity contribution in [1.82, 2.24) is 20.3 Å². The van der Waals surface area contributed by atoms with Gasteiger partial charge in [-0.25, -0.2) is 4.68 Å². The minimum absolute atomic E-state index is 0.115. The van der Waals surface area contributed by atoms with E-state index in [4.69, 9.17) is 0 Å². The van der Waals surface area contributed by atoms with Gasteiger partial charge in [0.15, 0.2) is 5.69 Å². The lowest BCUT2D eigenvalue weighted by atomic mass is 10.1. The van der Waals surface area contributed by atoms with Crippen LogP contribution in [0.25, 0.3) is 5.69 Å². The Morgan fingerprint density at radius 1 is 1.04 bits per heavy atom. The third-order valence-electron chi connectivity index (χ3n) is 4.14. The van der Waals surface area contributed by atoms with E-state index in [1.54, 1.807) is 30.5 Å². The summed E-state index contributed by atoms with van der Waals surface area (Å²) in [6.07, 6.45) is 2.43. The first kappa shape index (κ1) is 18.3. The van der Waals surface area contributed by atoms with Crippen LogP contribution < -0.4 is 10.6 Å². The second-order valence-corrected chi connectivity index (χ2v) is 6.20. The average molecular weight is 363 g/mol. The van der Waals surface area contributed by atoms with E-state index in [1.807, 2.05) is 44.2 Å². The van der Waals surface area contributed by atoms with Gasteiger partial charge in [0.25, 0.3) is 11.8 Å². The average Bonchev–Trinajstić information content (AvgIpc) is 3.19. The summed E-state index contributed by atoms with van der Waals surface area (Å²) >= 11 is 0. The lowest BCUT2D eigenvalue weighted by Crippen LogP contribution is -2.31. The highest BCUT2D eigenvalue weighted by Gasteiger charge is 2.13. The number of anilines is 1. The summed E-state index contributed by atoms with van der Waals surface area (Å²) in [5.74, 6) is -0.498. The number of carbonyl (C=O) groups is 2. The Hall–Kier alpha value is -3.48. The number of para-hydroxylation sites is 1. The Balaban J connectivity index is 1.64. The number of benzene rings is 2. The molecule has 0 aliphatic carbocycles. The molecule has 0 spiro atoms. The van der Waals surface area contributed by atoms with Crippen LogP contribution in [0, 0.1) is 0 Å². The molecule has 0 saturated heterocycles. The van der Waals surface area contributed by atoms with E-state index in [1.165, 1.54) is 4.68 Å². The Kier molecular flexibility index (Phi) is 5.61. The van der Waals surface area contributed by atoms with Crippen LogP contribution in [0.4, 0.5) is 5.69 Å². The maximum atomic E-state index is 12.4. The standard InChI is InChI=1S/C20H21N5O2/c1-3-14(2)21-19(26)15-9-11-16(12-10-15)22-20(27)18-13-25(24-23-18)17-7-5-4-6-8-17/h4-14H,3H2,1-2H3,(H,21,26)(H,22,27). The molecule has 7 nitrogen and oxygen atoms in total. The molecule has 0 bridgehead atoms. The summed E-state index contributed by atoms with van der Waals surface area (Å²) in [6.45, 7) is 3.96. The number of rotatable bonds is 6. The van der Waals surface area contributed by atoms with Crippen LogP contribution >= 0.6 is 0 Å². The summed E-state index contributed by atoms with van der Waals surface area (Å²) in [7, 11) is 0. The molecule has 0 aliphatic rings. The van der Waals surface area contributed by atoms with Gasteiger partial charge in [0, 0.05) is 17.3 Å². The van der Waals surface area contributed by atoms with Crippen molar-refractivity contribution in [1.29, 1.82) is 0 Å². The Morgan fingerprint density at radius 3 is 2.41 bits per heavy atom.